The summed E-state index contributed by atoms with van der Waals surface area (Å²) >= 11 is 0. The zero-order valence-corrected chi connectivity index (χ0v) is 11.9. The van der Waals surface area contributed by atoms with E-state index in [0.29, 0.717) is 26.2 Å². The number of urea groups is 1. The molecular formula is C13H22N2O5. The van der Waals surface area contributed by atoms with E-state index in [2.05, 4.69) is 11.9 Å². The van der Waals surface area contributed by atoms with E-state index in [1.807, 2.05) is 6.92 Å². The predicted molar refractivity (Wildman–Crippen MR) is 72.6 cm³/mol. The van der Waals surface area contributed by atoms with E-state index in [4.69, 9.17) is 14.6 Å². The Balaban J connectivity index is 2.37. The van der Waals surface area contributed by atoms with Crippen molar-refractivity contribution in [3.63, 3.8) is 0 Å². The highest BCUT2D eigenvalue weighted by atomic mass is 16.5. The summed E-state index contributed by atoms with van der Waals surface area (Å²) in [6, 6.07) is -1.24. The number of carboxylic acid groups (broad SMARTS) is 1. The standard InChI is InChI=1S/C13H22N2O5/c1-9(2)8-20-5-4-14-13(18)15-7-10(19-3)6-11(15)12(16)17/h10-11H,1,4-8H2,2-3H3,(H,14,18)(H,16,17). The normalized spacial score (nSPS) is 21.8. The average Bonchev–Trinajstić information content (AvgIpc) is 2.82. The fraction of sp³-hybridized carbons (Fsp3) is 0.692. The largest absolute Gasteiger partial charge is 0.480 e. The second kappa shape index (κ2) is 7.86. The van der Waals surface area contributed by atoms with Gasteiger partial charge >= 0.3 is 12.0 Å². The molecule has 7 nitrogen and oxygen atoms in total. The maximum atomic E-state index is 11.9. The van der Waals surface area contributed by atoms with Crippen LogP contribution in [-0.4, -0.2) is 67.6 Å². The molecule has 2 amide bonds. The lowest BCUT2D eigenvalue weighted by Gasteiger charge is -2.21. The maximum absolute atomic E-state index is 11.9. The molecule has 1 rings (SSSR count). The highest BCUT2D eigenvalue weighted by molar-refractivity contribution is 5.83. The second-order valence-electron chi connectivity index (χ2n) is 4.84. The molecule has 0 aliphatic carbocycles. The van der Waals surface area contributed by atoms with Crippen molar-refractivity contribution in [2.45, 2.75) is 25.5 Å². The van der Waals surface area contributed by atoms with Crippen LogP contribution in [0.1, 0.15) is 13.3 Å². The Morgan fingerprint density at radius 2 is 2.20 bits per heavy atom. The number of nitrogens with one attached hydrogen (secondary N) is 1. The van der Waals surface area contributed by atoms with Crippen LogP contribution in [-0.2, 0) is 14.3 Å². The van der Waals surface area contributed by atoms with Crippen molar-refractivity contribution in [3.8, 4) is 0 Å². The molecule has 0 bridgehead atoms. The van der Waals surface area contributed by atoms with Crippen LogP contribution in [0.5, 0.6) is 0 Å². The van der Waals surface area contributed by atoms with Gasteiger partial charge in [0.05, 0.1) is 19.3 Å². The van der Waals surface area contributed by atoms with Gasteiger partial charge < -0.3 is 24.8 Å². The minimum atomic E-state index is -1.02. The number of methoxy groups -OCH3 is 1. The Morgan fingerprint density at radius 1 is 1.50 bits per heavy atom. The van der Waals surface area contributed by atoms with Gasteiger partial charge in [-0.1, -0.05) is 12.2 Å². The Bertz CT molecular complexity index is 372. The Labute approximate surface area is 118 Å². The van der Waals surface area contributed by atoms with Crippen LogP contribution in [0.2, 0.25) is 0 Å². The zero-order chi connectivity index (χ0) is 15.1. The van der Waals surface area contributed by atoms with Crippen molar-refractivity contribution in [3.05, 3.63) is 12.2 Å². The summed E-state index contributed by atoms with van der Waals surface area (Å²) in [5.74, 6) is -1.02. The summed E-state index contributed by atoms with van der Waals surface area (Å²) in [7, 11) is 1.51. The van der Waals surface area contributed by atoms with E-state index in [-0.39, 0.29) is 12.6 Å². The monoisotopic (exact) mass is 286 g/mol. The average molecular weight is 286 g/mol. The van der Waals surface area contributed by atoms with Crippen LogP contribution < -0.4 is 5.32 Å². The summed E-state index contributed by atoms with van der Waals surface area (Å²) in [6.45, 7) is 6.97. The van der Waals surface area contributed by atoms with Crippen molar-refractivity contribution >= 4 is 12.0 Å². The molecule has 1 heterocycles. The SMILES string of the molecule is C=C(C)COCCNC(=O)N1CC(OC)CC1C(=O)O. The number of hydrogen-bond acceptors (Lipinski definition) is 4. The maximum Gasteiger partial charge on any atom is 0.326 e. The molecule has 0 aromatic heterocycles. The summed E-state index contributed by atoms with van der Waals surface area (Å²) < 4.78 is 10.4. The van der Waals surface area contributed by atoms with Crippen molar-refractivity contribution in [2.75, 3.05) is 33.4 Å². The molecule has 114 valence electrons. The third-order valence-electron chi connectivity index (χ3n) is 3.01. The first-order valence-electron chi connectivity index (χ1n) is 6.48. The highest BCUT2D eigenvalue weighted by Gasteiger charge is 2.39. The molecule has 7 heteroatoms. The minimum Gasteiger partial charge on any atom is -0.480 e. The molecule has 1 saturated heterocycles. The zero-order valence-electron chi connectivity index (χ0n) is 11.9. The van der Waals surface area contributed by atoms with E-state index in [0.717, 1.165) is 5.57 Å². The number of amides is 2. The van der Waals surface area contributed by atoms with Gasteiger partial charge in [-0.25, -0.2) is 9.59 Å². The number of rotatable bonds is 7. The summed E-state index contributed by atoms with van der Waals surface area (Å²) in [5, 5.41) is 11.7. The Morgan fingerprint density at radius 3 is 2.75 bits per heavy atom. The first kappa shape index (κ1) is 16.5. The first-order valence-corrected chi connectivity index (χ1v) is 6.48. The fourth-order valence-electron chi connectivity index (χ4n) is 2.00. The summed E-state index contributed by atoms with van der Waals surface area (Å²) in [5.41, 5.74) is 0.907. The van der Waals surface area contributed by atoms with Gasteiger partial charge in [-0.3, -0.25) is 0 Å². The van der Waals surface area contributed by atoms with Gasteiger partial charge in [0.2, 0.25) is 0 Å². The summed E-state index contributed by atoms with van der Waals surface area (Å²) in [6.07, 6.45) is 0.0762. The van der Waals surface area contributed by atoms with E-state index < -0.39 is 18.0 Å². The first-order chi connectivity index (χ1) is 9.45. The van der Waals surface area contributed by atoms with Crippen molar-refractivity contribution in [1.29, 1.82) is 0 Å². The van der Waals surface area contributed by atoms with Crippen molar-refractivity contribution in [2.24, 2.45) is 0 Å². The van der Waals surface area contributed by atoms with Gasteiger partial charge in [-0.15, -0.1) is 0 Å². The lowest BCUT2D eigenvalue weighted by molar-refractivity contribution is -0.141. The predicted octanol–water partition coefficient (Wildman–Crippen LogP) is 0.463. The summed E-state index contributed by atoms with van der Waals surface area (Å²) in [4.78, 5) is 24.3. The van der Waals surface area contributed by atoms with E-state index in [1.54, 1.807) is 0 Å². The van der Waals surface area contributed by atoms with Gasteiger partial charge in [0.15, 0.2) is 0 Å². The second-order valence-corrected chi connectivity index (χ2v) is 4.84. The molecule has 1 aliphatic heterocycles. The van der Waals surface area contributed by atoms with Crippen molar-refractivity contribution < 1.29 is 24.2 Å². The van der Waals surface area contributed by atoms with Crippen LogP contribution in [0.4, 0.5) is 4.79 Å². The van der Waals surface area contributed by atoms with Crippen LogP contribution in [0.25, 0.3) is 0 Å². The molecule has 1 fully saturated rings. The quantitative estimate of drug-likeness (QED) is 0.524. The molecule has 0 aromatic carbocycles. The van der Waals surface area contributed by atoms with Crippen molar-refractivity contribution in [1.82, 2.24) is 10.2 Å². The molecule has 0 spiro atoms. The minimum absolute atomic E-state index is 0.235. The third kappa shape index (κ3) is 4.82. The third-order valence-corrected chi connectivity index (χ3v) is 3.01. The molecule has 0 radical (unpaired) electrons. The van der Waals surface area contributed by atoms with Gasteiger partial charge in [-0.05, 0) is 6.92 Å². The van der Waals surface area contributed by atoms with Gasteiger partial charge in [-0.2, -0.15) is 0 Å². The lowest BCUT2D eigenvalue weighted by atomic mass is 10.2. The molecule has 0 saturated carbocycles. The van der Waals surface area contributed by atoms with Crippen LogP contribution in [0, 0.1) is 0 Å². The van der Waals surface area contributed by atoms with E-state index >= 15 is 0 Å². The molecule has 2 N–H and O–H groups in total. The highest BCUT2D eigenvalue weighted by Crippen LogP contribution is 2.20. The Kier molecular flexibility index (Phi) is 6.47. The van der Waals surface area contributed by atoms with Gasteiger partial charge in [0, 0.05) is 26.6 Å². The molecule has 20 heavy (non-hydrogen) atoms. The number of carbonyl (C=O) groups is 2. The number of likely N-dealkylation sites (tertiary alicyclic amines) is 1. The smallest absolute Gasteiger partial charge is 0.326 e. The van der Waals surface area contributed by atoms with E-state index in [9.17, 15) is 9.59 Å². The molecule has 1 aliphatic rings. The molecule has 0 aromatic rings. The van der Waals surface area contributed by atoms with Crippen LogP contribution in [0.15, 0.2) is 12.2 Å². The number of aliphatic carboxylic acids is 1. The number of carboxylic acids is 1. The number of ether oxygens (including phenoxy) is 2. The van der Waals surface area contributed by atoms with Crippen LogP contribution in [0.3, 0.4) is 0 Å². The number of nitrogens with zero attached hydrogens (tertiary/aromatic N) is 1. The fourth-order valence-corrected chi connectivity index (χ4v) is 2.00. The van der Waals surface area contributed by atoms with Gasteiger partial charge in [0.1, 0.15) is 6.04 Å². The van der Waals surface area contributed by atoms with Gasteiger partial charge in [0.25, 0.3) is 0 Å². The number of hydrogen-bond donors (Lipinski definition) is 2. The van der Waals surface area contributed by atoms with E-state index in [1.165, 1.54) is 12.0 Å². The van der Waals surface area contributed by atoms with Crippen LogP contribution >= 0.6 is 0 Å². The Hall–Kier alpha value is -1.60. The number of carbonyl (C=O) groups excluding carboxylic acids is 1. The molecular weight excluding hydrogens is 264 g/mol. The lowest BCUT2D eigenvalue weighted by Crippen LogP contribution is -2.47. The molecule has 2 atom stereocenters. The topological polar surface area (TPSA) is 88.1 Å². The molecule has 2 unspecified atom stereocenters.